The van der Waals surface area contributed by atoms with Crippen LogP contribution in [0, 0.1) is 5.92 Å². The maximum atomic E-state index is 8.85. The number of aromatic nitrogens is 5. The lowest BCUT2D eigenvalue weighted by atomic mass is 10.2. The second-order valence-corrected chi connectivity index (χ2v) is 3.41. The van der Waals surface area contributed by atoms with Crippen LogP contribution in [0.2, 0.25) is 0 Å². The van der Waals surface area contributed by atoms with Crippen molar-refractivity contribution in [3.05, 3.63) is 12.1 Å². The van der Waals surface area contributed by atoms with Crippen molar-refractivity contribution >= 4 is 11.5 Å². The van der Waals surface area contributed by atoms with Crippen LogP contribution < -0.4 is 5.32 Å². The van der Waals surface area contributed by atoms with Gasteiger partial charge in [-0.15, -0.1) is 14.8 Å². The normalized spacial score (nSPS) is 12.9. The summed E-state index contributed by atoms with van der Waals surface area (Å²) in [6.07, 6.45) is 0. The highest BCUT2D eigenvalue weighted by molar-refractivity contribution is 5.41. The van der Waals surface area contributed by atoms with Crippen LogP contribution >= 0.6 is 0 Å². The van der Waals surface area contributed by atoms with Crippen LogP contribution in [0.25, 0.3) is 5.65 Å². The molecule has 2 aromatic heterocycles. The van der Waals surface area contributed by atoms with E-state index >= 15 is 0 Å². The molecular weight excluding hydrogens is 196 g/mol. The van der Waals surface area contributed by atoms with Gasteiger partial charge in [-0.05, 0) is 28.5 Å². The number of aliphatic hydroxyl groups excluding tert-OH is 1. The Labute approximate surface area is 86.1 Å². The van der Waals surface area contributed by atoms with E-state index in [2.05, 4.69) is 25.9 Å². The Morgan fingerprint density at radius 3 is 3.20 bits per heavy atom. The van der Waals surface area contributed by atoms with E-state index in [9.17, 15) is 0 Å². The number of nitrogens with zero attached hydrogens (tertiary/aromatic N) is 5. The molecule has 1 atom stereocenters. The van der Waals surface area contributed by atoms with Crippen LogP contribution in [0.3, 0.4) is 0 Å². The molecule has 2 N–H and O–H groups in total. The highest BCUT2D eigenvalue weighted by atomic mass is 16.3. The van der Waals surface area contributed by atoms with Crippen LogP contribution in [-0.4, -0.2) is 43.5 Å². The van der Waals surface area contributed by atoms with E-state index in [-0.39, 0.29) is 12.5 Å². The second kappa shape index (κ2) is 4.18. The molecule has 0 radical (unpaired) electrons. The Morgan fingerprint density at radius 1 is 1.53 bits per heavy atom. The molecule has 0 aliphatic heterocycles. The third kappa shape index (κ3) is 2.18. The van der Waals surface area contributed by atoms with E-state index in [1.54, 1.807) is 12.1 Å². The third-order valence-corrected chi connectivity index (χ3v) is 2.01. The number of fused-ring (bicyclic) bond motifs is 1. The Hall–Kier alpha value is -1.76. The highest BCUT2D eigenvalue weighted by Crippen LogP contribution is 2.04. The summed E-state index contributed by atoms with van der Waals surface area (Å²) >= 11 is 0. The third-order valence-electron chi connectivity index (χ3n) is 2.01. The Morgan fingerprint density at radius 2 is 2.40 bits per heavy atom. The first kappa shape index (κ1) is 9.78. The lowest BCUT2D eigenvalue weighted by Crippen LogP contribution is -2.15. The monoisotopic (exact) mass is 208 g/mol. The van der Waals surface area contributed by atoms with Crippen LogP contribution in [0.1, 0.15) is 6.92 Å². The molecule has 0 spiro atoms. The molecule has 0 fully saturated rings. The predicted molar refractivity (Wildman–Crippen MR) is 53.3 cm³/mol. The number of anilines is 1. The Balaban J connectivity index is 2.08. The van der Waals surface area contributed by atoms with Gasteiger partial charge in [0.2, 0.25) is 0 Å². The van der Waals surface area contributed by atoms with Crippen LogP contribution in [0.15, 0.2) is 12.1 Å². The number of rotatable bonds is 4. The van der Waals surface area contributed by atoms with E-state index < -0.39 is 0 Å². The van der Waals surface area contributed by atoms with Gasteiger partial charge in [-0.3, -0.25) is 0 Å². The number of aliphatic hydroxyl groups is 1. The Bertz CT molecular complexity index is 441. The topological polar surface area (TPSA) is 88.2 Å². The molecule has 0 saturated carbocycles. The van der Waals surface area contributed by atoms with Crippen LogP contribution in [0.4, 0.5) is 5.82 Å². The lowest BCUT2D eigenvalue weighted by molar-refractivity contribution is 0.244. The maximum Gasteiger partial charge on any atom is 0.200 e. The van der Waals surface area contributed by atoms with Crippen molar-refractivity contribution in [2.24, 2.45) is 5.92 Å². The van der Waals surface area contributed by atoms with Crippen molar-refractivity contribution in [1.82, 2.24) is 25.3 Å². The lowest BCUT2D eigenvalue weighted by Gasteiger charge is -2.09. The summed E-state index contributed by atoms with van der Waals surface area (Å²) in [6, 6.07) is 3.58. The molecule has 0 aromatic carbocycles. The average molecular weight is 208 g/mol. The maximum absolute atomic E-state index is 8.85. The van der Waals surface area contributed by atoms with Gasteiger partial charge in [-0.25, -0.2) is 0 Å². The van der Waals surface area contributed by atoms with Gasteiger partial charge in [0.25, 0.3) is 0 Å². The van der Waals surface area contributed by atoms with Gasteiger partial charge in [0.1, 0.15) is 5.82 Å². The number of tetrazole rings is 1. The zero-order valence-electron chi connectivity index (χ0n) is 8.33. The van der Waals surface area contributed by atoms with Gasteiger partial charge in [-0.2, -0.15) is 0 Å². The average Bonchev–Trinajstić information content (AvgIpc) is 2.72. The van der Waals surface area contributed by atoms with E-state index in [1.165, 1.54) is 4.63 Å². The standard InChI is InChI=1S/C8H12N6O/c1-6(5-15)4-9-7-2-3-8-10-12-13-14(8)11-7/h2-3,6,15H,4-5H2,1H3,(H,9,11). The largest absolute Gasteiger partial charge is 0.396 e. The minimum absolute atomic E-state index is 0.153. The van der Waals surface area contributed by atoms with Crippen molar-refractivity contribution in [3.8, 4) is 0 Å². The van der Waals surface area contributed by atoms with Gasteiger partial charge >= 0.3 is 0 Å². The van der Waals surface area contributed by atoms with Crippen molar-refractivity contribution in [1.29, 1.82) is 0 Å². The minimum Gasteiger partial charge on any atom is -0.396 e. The van der Waals surface area contributed by atoms with Gasteiger partial charge < -0.3 is 10.4 Å². The van der Waals surface area contributed by atoms with Crippen molar-refractivity contribution < 1.29 is 5.11 Å². The van der Waals surface area contributed by atoms with E-state index in [0.29, 0.717) is 18.0 Å². The molecular formula is C8H12N6O. The molecule has 0 bridgehead atoms. The molecule has 7 nitrogen and oxygen atoms in total. The predicted octanol–water partition coefficient (Wildman–Crippen LogP) is -0.440. The number of hydrogen-bond donors (Lipinski definition) is 2. The Kier molecular flexibility index (Phi) is 2.72. The fourth-order valence-electron chi connectivity index (χ4n) is 1.09. The van der Waals surface area contributed by atoms with Gasteiger partial charge in [-0.1, -0.05) is 6.92 Å². The van der Waals surface area contributed by atoms with Crippen molar-refractivity contribution in [2.75, 3.05) is 18.5 Å². The molecule has 0 aliphatic rings. The molecule has 0 saturated heterocycles. The second-order valence-electron chi connectivity index (χ2n) is 3.41. The molecule has 7 heteroatoms. The van der Waals surface area contributed by atoms with E-state index in [1.807, 2.05) is 6.92 Å². The number of nitrogens with one attached hydrogen (secondary N) is 1. The zero-order valence-corrected chi connectivity index (χ0v) is 8.33. The molecule has 0 amide bonds. The first-order valence-electron chi connectivity index (χ1n) is 4.70. The summed E-state index contributed by atoms with van der Waals surface area (Å²) in [7, 11) is 0. The van der Waals surface area contributed by atoms with E-state index in [0.717, 1.165) is 0 Å². The van der Waals surface area contributed by atoms with E-state index in [4.69, 9.17) is 5.11 Å². The molecule has 80 valence electrons. The van der Waals surface area contributed by atoms with Gasteiger partial charge in [0, 0.05) is 13.2 Å². The van der Waals surface area contributed by atoms with Crippen molar-refractivity contribution in [2.45, 2.75) is 6.92 Å². The summed E-state index contributed by atoms with van der Waals surface area (Å²) in [6.45, 7) is 2.76. The fraction of sp³-hybridized carbons (Fsp3) is 0.500. The summed E-state index contributed by atoms with van der Waals surface area (Å²) < 4.78 is 1.35. The van der Waals surface area contributed by atoms with Crippen LogP contribution in [-0.2, 0) is 0 Å². The summed E-state index contributed by atoms with van der Waals surface area (Å²) in [5, 5.41) is 27.0. The number of hydrogen-bond acceptors (Lipinski definition) is 6. The van der Waals surface area contributed by atoms with Crippen molar-refractivity contribution in [3.63, 3.8) is 0 Å². The molecule has 2 aromatic rings. The molecule has 1 unspecified atom stereocenters. The summed E-state index contributed by atoms with van der Waals surface area (Å²) in [4.78, 5) is 0. The molecule has 2 heterocycles. The van der Waals surface area contributed by atoms with Gasteiger partial charge in [0.05, 0.1) is 0 Å². The molecule has 0 aliphatic carbocycles. The SMILES string of the molecule is CC(CO)CNc1ccc2nnnn2n1. The quantitative estimate of drug-likeness (QED) is 0.708. The summed E-state index contributed by atoms with van der Waals surface area (Å²) in [5.74, 6) is 0.881. The first-order chi connectivity index (χ1) is 7.29. The molecule has 2 rings (SSSR count). The first-order valence-corrected chi connectivity index (χ1v) is 4.70. The summed E-state index contributed by atoms with van der Waals surface area (Å²) in [5.41, 5.74) is 0.607. The van der Waals surface area contributed by atoms with Crippen LogP contribution in [0.5, 0.6) is 0 Å². The highest BCUT2D eigenvalue weighted by Gasteiger charge is 2.02. The molecule has 15 heavy (non-hydrogen) atoms. The minimum atomic E-state index is 0.153. The van der Waals surface area contributed by atoms with Gasteiger partial charge in [0.15, 0.2) is 5.65 Å². The fourth-order valence-corrected chi connectivity index (χ4v) is 1.09. The zero-order chi connectivity index (χ0) is 10.7. The smallest absolute Gasteiger partial charge is 0.200 e.